The summed E-state index contributed by atoms with van der Waals surface area (Å²) in [4.78, 5) is 27.0. The molecule has 0 bridgehead atoms. The molecule has 0 aromatic heterocycles. The number of hydroxylamine groups is 1. The first kappa shape index (κ1) is 17.6. The van der Waals surface area contributed by atoms with E-state index < -0.39 is 17.6 Å². The standard InChI is InChI=1S/C11H22N2O6/c1-11(2,3)19-10(16)13-18-8-9(15)12-4-6-17-7-5-14/h14H,4-8H2,1-3H3,(H,12,15)(H,13,16). The predicted octanol–water partition coefficient (Wildman–Crippen LogP) is -0.432. The molecule has 8 heteroatoms. The molecule has 0 aliphatic heterocycles. The number of hydrogen-bond acceptors (Lipinski definition) is 6. The fourth-order valence-corrected chi connectivity index (χ4v) is 0.940. The Kier molecular flexibility index (Phi) is 8.84. The number of aliphatic hydroxyl groups is 1. The summed E-state index contributed by atoms with van der Waals surface area (Å²) in [5, 5.41) is 10.9. The maximum Gasteiger partial charge on any atom is 0.431 e. The van der Waals surface area contributed by atoms with Crippen LogP contribution < -0.4 is 10.8 Å². The molecule has 112 valence electrons. The summed E-state index contributed by atoms with van der Waals surface area (Å²) < 4.78 is 9.83. The SMILES string of the molecule is CC(C)(C)OC(=O)NOCC(=O)NCCOCCO. The molecule has 0 unspecified atom stereocenters. The van der Waals surface area contributed by atoms with Crippen molar-refractivity contribution in [2.24, 2.45) is 0 Å². The fourth-order valence-electron chi connectivity index (χ4n) is 0.940. The highest BCUT2D eigenvalue weighted by Crippen LogP contribution is 2.06. The second-order valence-electron chi connectivity index (χ2n) is 4.58. The number of hydrogen-bond donors (Lipinski definition) is 3. The van der Waals surface area contributed by atoms with E-state index in [4.69, 9.17) is 14.6 Å². The van der Waals surface area contributed by atoms with Gasteiger partial charge >= 0.3 is 6.09 Å². The van der Waals surface area contributed by atoms with Gasteiger partial charge in [0.25, 0.3) is 0 Å². The minimum Gasteiger partial charge on any atom is -0.442 e. The van der Waals surface area contributed by atoms with Crippen molar-refractivity contribution in [3.63, 3.8) is 0 Å². The van der Waals surface area contributed by atoms with E-state index in [1.54, 1.807) is 20.8 Å². The van der Waals surface area contributed by atoms with Gasteiger partial charge < -0.3 is 19.9 Å². The number of amides is 2. The van der Waals surface area contributed by atoms with Crippen molar-refractivity contribution >= 4 is 12.0 Å². The average Bonchev–Trinajstić information content (AvgIpc) is 2.26. The van der Waals surface area contributed by atoms with Gasteiger partial charge in [-0.2, -0.15) is 5.48 Å². The van der Waals surface area contributed by atoms with Gasteiger partial charge in [0.05, 0.1) is 19.8 Å². The van der Waals surface area contributed by atoms with Crippen molar-refractivity contribution in [2.75, 3.05) is 33.0 Å². The van der Waals surface area contributed by atoms with E-state index in [-0.39, 0.29) is 19.8 Å². The van der Waals surface area contributed by atoms with Gasteiger partial charge in [0.1, 0.15) is 5.60 Å². The number of carbonyl (C=O) groups excluding carboxylic acids is 2. The molecule has 0 saturated carbocycles. The predicted molar refractivity (Wildman–Crippen MR) is 66.2 cm³/mol. The third-order valence-electron chi connectivity index (χ3n) is 1.56. The van der Waals surface area contributed by atoms with Gasteiger partial charge in [-0.3, -0.25) is 9.63 Å². The molecule has 19 heavy (non-hydrogen) atoms. The van der Waals surface area contributed by atoms with E-state index in [0.29, 0.717) is 13.2 Å². The van der Waals surface area contributed by atoms with Crippen LogP contribution >= 0.6 is 0 Å². The second-order valence-corrected chi connectivity index (χ2v) is 4.58. The Balaban J connectivity index is 3.50. The molecule has 0 aliphatic rings. The van der Waals surface area contributed by atoms with Gasteiger partial charge in [-0.15, -0.1) is 0 Å². The maximum atomic E-state index is 11.2. The van der Waals surface area contributed by atoms with Crippen LogP contribution in [0.15, 0.2) is 0 Å². The molecular formula is C11H22N2O6. The van der Waals surface area contributed by atoms with E-state index in [0.717, 1.165) is 0 Å². The molecule has 3 N–H and O–H groups in total. The van der Waals surface area contributed by atoms with Gasteiger partial charge in [0, 0.05) is 6.54 Å². The number of nitrogens with one attached hydrogen (secondary N) is 2. The molecule has 0 atom stereocenters. The van der Waals surface area contributed by atoms with Gasteiger partial charge in [-0.25, -0.2) is 4.79 Å². The van der Waals surface area contributed by atoms with Crippen molar-refractivity contribution in [3.8, 4) is 0 Å². The van der Waals surface area contributed by atoms with Gasteiger partial charge in [-0.1, -0.05) is 0 Å². The summed E-state index contributed by atoms with van der Waals surface area (Å²) in [7, 11) is 0. The third kappa shape index (κ3) is 12.9. The highest BCUT2D eigenvalue weighted by molar-refractivity contribution is 5.77. The average molecular weight is 278 g/mol. The van der Waals surface area contributed by atoms with Crippen LogP contribution in [0.1, 0.15) is 20.8 Å². The summed E-state index contributed by atoms with van der Waals surface area (Å²) in [6.45, 7) is 5.59. The van der Waals surface area contributed by atoms with E-state index in [9.17, 15) is 9.59 Å². The van der Waals surface area contributed by atoms with E-state index in [2.05, 4.69) is 10.2 Å². The van der Waals surface area contributed by atoms with Crippen molar-refractivity contribution in [3.05, 3.63) is 0 Å². The zero-order valence-corrected chi connectivity index (χ0v) is 11.5. The molecule has 0 fully saturated rings. The summed E-state index contributed by atoms with van der Waals surface area (Å²) >= 11 is 0. The van der Waals surface area contributed by atoms with Crippen LogP contribution in [0.3, 0.4) is 0 Å². The topological polar surface area (TPSA) is 106 Å². The Labute approximate surface area is 112 Å². The van der Waals surface area contributed by atoms with Crippen LogP contribution in [0, 0.1) is 0 Å². The maximum absolute atomic E-state index is 11.2. The molecule has 0 aromatic carbocycles. The number of ether oxygens (including phenoxy) is 2. The van der Waals surface area contributed by atoms with Crippen LogP contribution in [0.25, 0.3) is 0 Å². The summed E-state index contributed by atoms with van der Waals surface area (Å²) in [6.07, 6.45) is -0.758. The van der Waals surface area contributed by atoms with Gasteiger partial charge in [-0.05, 0) is 20.8 Å². The molecule has 8 nitrogen and oxygen atoms in total. The summed E-state index contributed by atoms with van der Waals surface area (Å²) in [5.74, 6) is -0.399. The van der Waals surface area contributed by atoms with Crippen LogP contribution in [0.5, 0.6) is 0 Å². The van der Waals surface area contributed by atoms with Crippen molar-refractivity contribution < 1.29 is 29.0 Å². The number of carbonyl (C=O) groups is 2. The van der Waals surface area contributed by atoms with Crippen LogP contribution in [-0.4, -0.2) is 55.7 Å². The van der Waals surface area contributed by atoms with Crippen LogP contribution in [-0.2, 0) is 19.1 Å². The van der Waals surface area contributed by atoms with Crippen LogP contribution in [0.4, 0.5) is 4.79 Å². The first-order chi connectivity index (χ1) is 8.85. The highest BCUT2D eigenvalue weighted by atomic mass is 16.7. The van der Waals surface area contributed by atoms with Gasteiger partial charge in [0.2, 0.25) is 5.91 Å². The Morgan fingerprint density at radius 2 is 1.89 bits per heavy atom. The number of aliphatic hydroxyl groups excluding tert-OH is 1. The first-order valence-corrected chi connectivity index (χ1v) is 5.91. The van der Waals surface area contributed by atoms with Crippen molar-refractivity contribution in [1.82, 2.24) is 10.8 Å². The lowest BCUT2D eigenvalue weighted by molar-refractivity contribution is -0.128. The molecule has 0 aromatic rings. The Hall–Kier alpha value is -1.38. The highest BCUT2D eigenvalue weighted by Gasteiger charge is 2.16. The molecule has 0 heterocycles. The lowest BCUT2D eigenvalue weighted by Crippen LogP contribution is -2.37. The molecule has 0 saturated heterocycles. The lowest BCUT2D eigenvalue weighted by atomic mass is 10.2. The minimum absolute atomic E-state index is 0.0587. The van der Waals surface area contributed by atoms with E-state index >= 15 is 0 Å². The zero-order valence-electron chi connectivity index (χ0n) is 11.5. The molecule has 0 aliphatic carbocycles. The quantitative estimate of drug-likeness (QED) is 0.411. The van der Waals surface area contributed by atoms with E-state index in [1.807, 2.05) is 5.48 Å². The Bertz CT molecular complexity index is 277. The lowest BCUT2D eigenvalue weighted by Gasteiger charge is -2.19. The third-order valence-corrected chi connectivity index (χ3v) is 1.56. The van der Waals surface area contributed by atoms with Crippen molar-refractivity contribution in [1.29, 1.82) is 0 Å². The summed E-state index contributed by atoms with van der Waals surface area (Å²) in [5.41, 5.74) is 1.37. The molecule has 2 amide bonds. The second kappa shape index (κ2) is 9.54. The fraction of sp³-hybridized carbons (Fsp3) is 0.818. The molecule has 0 rings (SSSR count). The molecular weight excluding hydrogens is 256 g/mol. The van der Waals surface area contributed by atoms with Gasteiger partial charge in [0.15, 0.2) is 6.61 Å². The van der Waals surface area contributed by atoms with Crippen molar-refractivity contribution in [2.45, 2.75) is 26.4 Å². The largest absolute Gasteiger partial charge is 0.442 e. The minimum atomic E-state index is -0.758. The molecule has 0 radical (unpaired) electrons. The normalized spacial score (nSPS) is 10.9. The number of rotatable bonds is 8. The Morgan fingerprint density at radius 3 is 2.47 bits per heavy atom. The first-order valence-electron chi connectivity index (χ1n) is 5.91. The summed E-state index contributed by atoms with van der Waals surface area (Å²) in [6, 6.07) is 0. The zero-order chi connectivity index (χ0) is 14.7. The smallest absolute Gasteiger partial charge is 0.431 e. The molecule has 0 spiro atoms. The van der Waals surface area contributed by atoms with E-state index in [1.165, 1.54) is 0 Å². The van der Waals surface area contributed by atoms with Crippen LogP contribution in [0.2, 0.25) is 0 Å². The Morgan fingerprint density at radius 1 is 1.21 bits per heavy atom. The monoisotopic (exact) mass is 278 g/mol.